The molecule has 3 aromatic rings. The van der Waals surface area contributed by atoms with Crippen LogP contribution in [0.3, 0.4) is 0 Å². The number of carbonyl (C=O) groups is 1. The second-order valence-corrected chi connectivity index (χ2v) is 9.70. The molecule has 1 amide bonds. The zero-order valence-corrected chi connectivity index (χ0v) is 19.1. The van der Waals surface area contributed by atoms with Crippen LogP contribution in [0.25, 0.3) is 10.2 Å². The average molecular weight is 436 g/mol. The Morgan fingerprint density at radius 1 is 1.00 bits per heavy atom. The van der Waals surface area contributed by atoms with Gasteiger partial charge < -0.3 is 14.7 Å². The van der Waals surface area contributed by atoms with Crippen molar-refractivity contribution in [2.45, 2.75) is 26.7 Å². The molecule has 0 radical (unpaired) electrons. The van der Waals surface area contributed by atoms with E-state index in [4.69, 9.17) is 4.98 Å². The highest BCUT2D eigenvalue weighted by Gasteiger charge is 2.31. The van der Waals surface area contributed by atoms with Crippen molar-refractivity contribution in [3.8, 4) is 0 Å². The van der Waals surface area contributed by atoms with Crippen LogP contribution >= 0.6 is 11.3 Å². The van der Waals surface area contributed by atoms with Crippen LogP contribution in [0.4, 0.5) is 10.9 Å². The van der Waals surface area contributed by atoms with E-state index in [0.29, 0.717) is 5.91 Å². The molecule has 2 fully saturated rings. The third-order valence-electron chi connectivity index (χ3n) is 6.50. The fourth-order valence-corrected chi connectivity index (χ4v) is 5.96. The quantitative estimate of drug-likeness (QED) is 0.625. The third-order valence-corrected chi connectivity index (χ3v) is 7.56. The van der Waals surface area contributed by atoms with Crippen LogP contribution in [-0.2, 0) is 4.79 Å². The zero-order valence-electron chi connectivity index (χ0n) is 18.3. The van der Waals surface area contributed by atoms with Crippen molar-refractivity contribution in [2.75, 3.05) is 49.1 Å². The summed E-state index contributed by atoms with van der Waals surface area (Å²) < 4.78 is 1.26. The molecule has 7 heteroatoms. The minimum atomic E-state index is 0.135. The number of aromatic nitrogens is 2. The lowest BCUT2D eigenvalue weighted by Gasteiger charge is -2.39. The Hall–Kier alpha value is -2.67. The lowest BCUT2D eigenvalue weighted by atomic mass is 9.95. The van der Waals surface area contributed by atoms with Crippen LogP contribution in [0, 0.1) is 19.8 Å². The van der Waals surface area contributed by atoms with Gasteiger partial charge in [0.25, 0.3) is 0 Å². The summed E-state index contributed by atoms with van der Waals surface area (Å²) in [6.07, 6.45) is 3.65. The molecular formula is C24H29N5OS. The van der Waals surface area contributed by atoms with Crippen LogP contribution in [0.1, 0.15) is 24.0 Å². The number of hydrogen-bond donors (Lipinski definition) is 0. The van der Waals surface area contributed by atoms with E-state index in [1.165, 1.54) is 15.8 Å². The first-order valence-corrected chi connectivity index (χ1v) is 12.0. The SMILES string of the molecule is Cc1cc(C)c2nc(N3CCC(C(=O)N4CCN(c5ccccn5)CC4)CC3)sc2c1. The van der Waals surface area contributed by atoms with Crippen molar-refractivity contribution in [3.63, 3.8) is 0 Å². The highest BCUT2D eigenvalue weighted by Crippen LogP contribution is 2.34. The highest BCUT2D eigenvalue weighted by molar-refractivity contribution is 7.22. The van der Waals surface area contributed by atoms with Gasteiger partial charge in [-0.2, -0.15) is 0 Å². The Labute approximate surface area is 187 Å². The minimum absolute atomic E-state index is 0.135. The first kappa shape index (κ1) is 20.2. The summed E-state index contributed by atoms with van der Waals surface area (Å²) in [6.45, 7) is 9.36. The molecular weight excluding hydrogens is 406 g/mol. The third kappa shape index (κ3) is 4.11. The predicted molar refractivity (Wildman–Crippen MR) is 127 cm³/mol. The summed E-state index contributed by atoms with van der Waals surface area (Å²) >= 11 is 1.78. The molecule has 162 valence electrons. The number of rotatable bonds is 3. The van der Waals surface area contributed by atoms with Crippen LogP contribution in [-0.4, -0.2) is 60.0 Å². The number of carbonyl (C=O) groups excluding carboxylic acids is 1. The smallest absolute Gasteiger partial charge is 0.225 e. The van der Waals surface area contributed by atoms with E-state index in [9.17, 15) is 4.79 Å². The molecule has 0 atom stereocenters. The first-order valence-electron chi connectivity index (χ1n) is 11.2. The maximum atomic E-state index is 13.1. The van der Waals surface area contributed by atoms with Crippen molar-refractivity contribution in [1.29, 1.82) is 0 Å². The van der Waals surface area contributed by atoms with Crippen molar-refractivity contribution < 1.29 is 4.79 Å². The molecule has 2 aliphatic heterocycles. The largest absolute Gasteiger partial charge is 0.353 e. The van der Waals surface area contributed by atoms with Crippen molar-refractivity contribution in [1.82, 2.24) is 14.9 Å². The Morgan fingerprint density at radius 3 is 2.48 bits per heavy atom. The molecule has 0 unspecified atom stereocenters. The van der Waals surface area contributed by atoms with E-state index in [0.717, 1.165) is 68.6 Å². The van der Waals surface area contributed by atoms with Gasteiger partial charge >= 0.3 is 0 Å². The lowest BCUT2D eigenvalue weighted by Crippen LogP contribution is -2.51. The predicted octanol–water partition coefficient (Wildman–Crippen LogP) is 3.87. The van der Waals surface area contributed by atoms with Gasteiger partial charge in [-0.05, 0) is 56.0 Å². The Kier molecular flexibility index (Phi) is 5.52. The van der Waals surface area contributed by atoms with Crippen molar-refractivity contribution in [3.05, 3.63) is 47.7 Å². The molecule has 1 aromatic carbocycles. The Balaban J connectivity index is 1.17. The van der Waals surface area contributed by atoms with Gasteiger partial charge in [0.2, 0.25) is 5.91 Å². The number of aryl methyl sites for hydroxylation is 2. The average Bonchev–Trinajstić information content (AvgIpc) is 3.24. The molecule has 0 spiro atoms. The number of fused-ring (bicyclic) bond motifs is 1. The Morgan fingerprint density at radius 2 is 1.77 bits per heavy atom. The van der Waals surface area contributed by atoms with Gasteiger partial charge in [-0.25, -0.2) is 9.97 Å². The molecule has 0 bridgehead atoms. The van der Waals surface area contributed by atoms with Gasteiger partial charge in [0, 0.05) is 51.4 Å². The Bertz CT molecular complexity index is 1070. The number of amides is 1. The molecule has 2 saturated heterocycles. The number of anilines is 2. The van der Waals surface area contributed by atoms with Crippen LogP contribution in [0.2, 0.25) is 0 Å². The number of thiazole rings is 1. The minimum Gasteiger partial charge on any atom is -0.353 e. The molecule has 4 heterocycles. The summed E-state index contributed by atoms with van der Waals surface area (Å²) in [5.41, 5.74) is 3.65. The fraction of sp³-hybridized carbons (Fsp3) is 0.458. The second-order valence-electron chi connectivity index (χ2n) is 8.69. The number of nitrogens with zero attached hydrogens (tertiary/aromatic N) is 5. The van der Waals surface area contributed by atoms with Gasteiger partial charge in [-0.3, -0.25) is 4.79 Å². The van der Waals surface area contributed by atoms with Crippen LogP contribution in [0.15, 0.2) is 36.5 Å². The molecule has 0 saturated carbocycles. The summed E-state index contributed by atoms with van der Waals surface area (Å²) in [5, 5.41) is 1.10. The fourth-order valence-electron chi connectivity index (χ4n) is 4.77. The van der Waals surface area contributed by atoms with Gasteiger partial charge in [-0.15, -0.1) is 0 Å². The van der Waals surface area contributed by atoms with Crippen molar-refractivity contribution in [2.24, 2.45) is 5.92 Å². The van der Waals surface area contributed by atoms with Gasteiger partial charge in [-0.1, -0.05) is 23.5 Å². The molecule has 6 nitrogen and oxygen atoms in total. The normalized spacial score (nSPS) is 18.1. The summed E-state index contributed by atoms with van der Waals surface area (Å²) in [6, 6.07) is 10.4. The van der Waals surface area contributed by atoms with E-state index in [1.807, 2.05) is 24.4 Å². The summed E-state index contributed by atoms with van der Waals surface area (Å²) in [7, 11) is 0. The molecule has 5 rings (SSSR count). The highest BCUT2D eigenvalue weighted by atomic mass is 32.1. The first-order chi connectivity index (χ1) is 15.1. The van der Waals surface area contributed by atoms with E-state index >= 15 is 0 Å². The summed E-state index contributed by atoms with van der Waals surface area (Å²) in [5.74, 6) is 1.47. The lowest BCUT2D eigenvalue weighted by molar-refractivity contribution is -0.136. The van der Waals surface area contributed by atoms with E-state index in [1.54, 1.807) is 11.3 Å². The molecule has 2 aliphatic rings. The molecule has 2 aromatic heterocycles. The van der Waals surface area contributed by atoms with Crippen molar-refractivity contribution >= 4 is 38.4 Å². The van der Waals surface area contributed by atoms with Gasteiger partial charge in [0.15, 0.2) is 5.13 Å². The zero-order chi connectivity index (χ0) is 21.4. The standard InChI is InChI=1S/C24H29N5OS/c1-17-15-18(2)22-20(16-17)31-24(26-22)29-9-6-19(7-10-29)23(30)28-13-11-27(12-14-28)21-5-3-4-8-25-21/h3-5,8,15-16,19H,6-7,9-14H2,1-2H3. The number of hydrogen-bond acceptors (Lipinski definition) is 6. The van der Waals surface area contributed by atoms with E-state index in [-0.39, 0.29) is 5.92 Å². The maximum Gasteiger partial charge on any atom is 0.225 e. The molecule has 0 N–H and O–H groups in total. The van der Waals surface area contributed by atoms with E-state index in [2.05, 4.69) is 45.7 Å². The van der Waals surface area contributed by atoms with E-state index < -0.39 is 0 Å². The number of piperidine rings is 1. The number of piperazine rings is 1. The molecule has 0 aliphatic carbocycles. The van der Waals surface area contributed by atoms with Gasteiger partial charge in [0.1, 0.15) is 5.82 Å². The number of pyridine rings is 1. The maximum absolute atomic E-state index is 13.1. The van der Waals surface area contributed by atoms with Crippen LogP contribution < -0.4 is 9.80 Å². The molecule has 31 heavy (non-hydrogen) atoms. The van der Waals surface area contributed by atoms with Crippen LogP contribution in [0.5, 0.6) is 0 Å². The monoisotopic (exact) mass is 435 g/mol. The number of benzene rings is 1. The van der Waals surface area contributed by atoms with Gasteiger partial charge in [0.05, 0.1) is 10.2 Å². The second kappa shape index (κ2) is 8.46. The topological polar surface area (TPSA) is 52.6 Å². The summed E-state index contributed by atoms with van der Waals surface area (Å²) in [4.78, 5) is 29.2.